The third kappa shape index (κ3) is 14.5. The van der Waals surface area contributed by atoms with Crippen LogP contribution in [0.15, 0.2) is 0 Å². The van der Waals surface area contributed by atoms with Crippen molar-refractivity contribution in [2.75, 3.05) is 40.1 Å². The third-order valence-electron chi connectivity index (χ3n) is 1.03. The lowest BCUT2D eigenvalue weighted by molar-refractivity contribution is -0.142. The van der Waals surface area contributed by atoms with Crippen LogP contribution in [0.3, 0.4) is 0 Å². The summed E-state index contributed by atoms with van der Waals surface area (Å²) in [6.07, 6.45) is 0. The van der Waals surface area contributed by atoms with Crippen molar-refractivity contribution < 1.29 is 24.1 Å². The van der Waals surface area contributed by atoms with E-state index in [1.165, 1.54) is 0 Å². The molecule has 0 heterocycles. The molecule has 13 heavy (non-hydrogen) atoms. The molecular formula is C7H15ClO5. The van der Waals surface area contributed by atoms with Gasteiger partial charge in [-0.1, -0.05) is 0 Å². The van der Waals surface area contributed by atoms with Crippen molar-refractivity contribution >= 4 is 18.4 Å². The lowest BCUT2D eigenvalue weighted by Gasteiger charge is -2.02. The van der Waals surface area contributed by atoms with Crippen molar-refractivity contribution in [2.24, 2.45) is 0 Å². The Hall–Kier alpha value is -0.360. The van der Waals surface area contributed by atoms with Gasteiger partial charge in [-0.25, -0.2) is 4.79 Å². The van der Waals surface area contributed by atoms with Crippen LogP contribution in [0.2, 0.25) is 0 Å². The molecule has 0 bridgehead atoms. The monoisotopic (exact) mass is 214 g/mol. The molecule has 80 valence electrons. The molecule has 0 aromatic carbocycles. The summed E-state index contributed by atoms with van der Waals surface area (Å²) >= 11 is 0. The molecule has 5 nitrogen and oxygen atoms in total. The lowest BCUT2D eigenvalue weighted by atomic mass is 10.7. The van der Waals surface area contributed by atoms with E-state index in [1.54, 1.807) is 7.11 Å². The van der Waals surface area contributed by atoms with Crippen LogP contribution in [0, 0.1) is 0 Å². The summed E-state index contributed by atoms with van der Waals surface area (Å²) in [6.45, 7) is 1.48. The second-order valence-electron chi connectivity index (χ2n) is 2.05. The molecule has 0 amide bonds. The van der Waals surface area contributed by atoms with E-state index in [9.17, 15) is 4.79 Å². The minimum Gasteiger partial charge on any atom is -0.480 e. The normalized spacial score (nSPS) is 9.31. The van der Waals surface area contributed by atoms with E-state index < -0.39 is 5.97 Å². The van der Waals surface area contributed by atoms with Crippen LogP contribution < -0.4 is 0 Å². The predicted octanol–water partition coefficient (Wildman–Crippen LogP) is 0.172. The molecule has 0 atom stereocenters. The fraction of sp³-hybridized carbons (Fsp3) is 0.857. The standard InChI is InChI=1S/C7H14O5.ClH/c1-10-2-3-11-4-5-12-6-7(8)9;/h2-6H2,1H3,(H,8,9);1H. The number of hydrogen-bond donors (Lipinski definition) is 1. The van der Waals surface area contributed by atoms with Gasteiger partial charge < -0.3 is 19.3 Å². The zero-order valence-electron chi connectivity index (χ0n) is 7.52. The number of methoxy groups -OCH3 is 1. The summed E-state index contributed by atoms with van der Waals surface area (Å²) in [7, 11) is 1.59. The number of ether oxygens (including phenoxy) is 3. The second kappa shape index (κ2) is 11.6. The summed E-state index contributed by atoms with van der Waals surface area (Å²) in [5.74, 6) is -0.966. The van der Waals surface area contributed by atoms with E-state index in [-0.39, 0.29) is 19.0 Å². The first-order valence-corrected chi connectivity index (χ1v) is 3.63. The van der Waals surface area contributed by atoms with Gasteiger partial charge >= 0.3 is 5.97 Å². The Kier molecular flexibility index (Phi) is 13.5. The molecule has 0 aliphatic heterocycles. The molecule has 0 radical (unpaired) electrons. The summed E-state index contributed by atoms with van der Waals surface area (Å²) < 4.78 is 14.4. The van der Waals surface area contributed by atoms with E-state index in [0.717, 1.165) is 0 Å². The highest BCUT2D eigenvalue weighted by Gasteiger charge is 1.95. The van der Waals surface area contributed by atoms with E-state index in [2.05, 4.69) is 0 Å². The van der Waals surface area contributed by atoms with Gasteiger partial charge in [-0.2, -0.15) is 0 Å². The molecule has 0 spiro atoms. The third-order valence-corrected chi connectivity index (χ3v) is 1.03. The molecule has 0 aliphatic rings. The average Bonchev–Trinajstić information content (AvgIpc) is 2.02. The molecule has 0 aromatic rings. The molecule has 0 aromatic heterocycles. The largest absolute Gasteiger partial charge is 0.480 e. The zero-order valence-corrected chi connectivity index (χ0v) is 8.34. The van der Waals surface area contributed by atoms with Gasteiger partial charge in [-0.15, -0.1) is 12.4 Å². The van der Waals surface area contributed by atoms with E-state index in [1.807, 2.05) is 0 Å². The van der Waals surface area contributed by atoms with Crippen molar-refractivity contribution in [1.29, 1.82) is 0 Å². The Morgan fingerprint density at radius 3 is 2.23 bits per heavy atom. The molecule has 0 saturated heterocycles. The van der Waals surface area contributed by atoms with Crippen LogP contribution >= 0.6 is 12.4 Å². The van der Waals surface area contributed by atoms with Gasteiger partial charge in [-0.3, -0.25) is 0 Å². The number of aliphatic carboxylic acids is 1. The highest BCUT2D eigenvalue weighted by molar-refractivity contribution is 5.85. The maximum absolute atomic E-state index is 9.95. The predicted molar refractivity (Wildman–Crippen MR) is 48.4 cm³/mol. The molecule has 0 saturated carbocycles. The molecule has 0 aliphatic carbocycles. The van der Waals surface area contributed by atoms with E-state index >= 15 is 0 Å². The Balaban J connectivity index is 0. The SMILES string of the molecule is COCCOCCOCC(=O)O.Cl. The van der Waals surface area contributed by atoms with Gasteiger partial charge in [0.2, 0.25) is 0 Å². The van der Waals surface area contributed by atoms with E-state index in [4.69, 9.17) is 19.3 Å². The summed E-state index contributed by atoms with van der Waals surface area (Å²) in [5, 5.41) is 8.17. The van der Waals surface area contributed by atoms with Crippen LogP contribution in [-0.2, 0) is 19.0 Å². The minimum atomic E-state index is -0.966. The van der Waals surface area contributed by atoms with Gasteiger partial charge in [0.1, 0.15) is 6.61 Å². The van der Waals surface area contributed by atoms with Crippen LogP contribution in [0.4, 0.5) is 0 Å². The quantitative estimate of drug-likeness (QED) is 0.584. The molecule has 0 unspecified atom stereocenters. The highest BCUT2D eigenvalue weighted by Crippen LogP contribution is 1.79. The maximum Gasteiger partial charge on any atom is 0.329 e. The fourth-order valence-corrected chi connectivity index (χ4v) is 0.522. The van der Waals surface area contributed by atoms with Crippen molar-refractivity contribution in [1.82, 2.24) is 0 Å². The Labute approximate surface area is 83.4 Å². The zero-order chi connectivity index (χ0) is 9.23. The maximum atomic E-state index is 9.95. The smallest absolute Gasteiger partial charge is 0.329 e. The first kappa shape index (κ1) is 15.1. The Morgan fingerprint density at radius 1 is 1.15 bits per heavy atom. The summed E-state index contributed by atoms with van der Waals surface area (Å²) in [5.41, 5.74) is 0. The van der Waals surface area contributed by atoms with Gasteiger partial charge in [0.15, 0.2) is 0 Å². The molecule has 1 N–H and O–H groups in total. The molecule has 0 rings (SSSR count). The first-order chi connectivity index (χ1) is 5.77. The van der Waals surface area contributed by atoms with Crippen LogP contribution in [0.25, 0.3) is 0 Å². The van der Waals surface area contributed by atoms with Gasteiger partial charge in [0.25, 0.3) is 0 Å². The van der Waals surface area contributed by atoms with Gasteiger partial charge in [0, 0.05) is 7.11 Å². The number of carbonyl (C=O) groups is 1. The number of carboxylic acid groups (broad SMARTS) is 1. The van der Waals surface area contributed by atoms with Crippen LogP contribution in [0.1, 0.15) is 0 Å². The second-order valence-corrected chi connectivity index (χ2v) is 2.05. The Bertz CT molecular complexity index is 119. The van der Waals surface area contributed by atoms with E-state index in [0.29, 0.717) is 26.4 Å². The minimum absolute atomic E-state index is 0. The first-order valence-electron chi connectivity index (χ1n) is 3.63. The van der Waals surface area contributed by atoms with Crippen LogP contribution in [-0.4, -0.2) is 51.2 Å². The fourth-order valence-electron chi connectivity index (χ4n) is 0.522. The number of hydrogen-bond acceptors (Lipinski definition) is 4. The van der Waals surface area contributed by atoms with Gasteiger partial charge in [0.05, 0.1) is 26.4 Å². The Morgan fingerprint density at radius 2 is 1.69 bits per heavy atom. The van der Waals surface area contributed by atoms with Crippen molar-refractivity contribution in [3.63, 3.8) is 0 Å². The molecular weight excluding hydrogens is 200 g/mol. The number of halogens is 1. The lowest BCUT2D eigenvalue weighted by Crippen LogP contribution is -2.12. The number of rotatable bonds is 8. The van der Waals surface area contributed by atoms with Crippen molar-refractivity contribution in [3.8, 4) is 0 Å². The number of carboxylic acids is 1. The van der Waals surface area contributed by atoms with Crippen LogP contribution in [0.5, 0.6) is 0 Å². The molecule has 0 fully saturated rings. The molecule has 6 heteroatoms. The summed E-state index contributed by atoms with van der Waals surface area (Å²) in [6, 6.07) is 0. The average molecular weight is 215 g/mol. The van der Waals surface area contributed by atoms with Crippen molar-refractivity contribution in [3.05, 3.63) is 0 Å². The van der Waals surface area contributed by atoms with Gasteiger partial charge in [-0.05, 0) is 0 Å². The topological polar surface area (TPSA) is 65.0 Å². The summed E-state index contributed by atoms with van der Waals surface area (Å²) in [4.78, 5) is 9.95. The highest BCUT2D eigenvalue weighted by atomic mass is 35.5. The van der Waals surface area contributed by atoms with Crippen molar-refractivity contribution in [2.45, 2.75) is 0 Å².